The third-order valence-electron chi connectivity index (χ3n) is 5.64. The lowest BCUT2D eigenvalue weighted by Crippen LogP contribution is -2.57. The summed E-state index contributed by atoms with van der Waals surface area (Å²) in [5.74, 6) is -1.51. The molecular formula is C22H26N2O3. The Balaban J connectivity index is 1.83. The highest BCUT2D eigenvalue weighted by atomic mass is 16.4. The molecule has 0 saturated heterocycles. The SMILES string of the molecule is C[C@@](NC(=O)c1ccc(-c2ccccc2)cc1N)(C(=O)O)C1CCCCC1. The first-order valence-corrected chi connectivity index (χ1v) is 9.42. The Morgan fingerprint density at radius 3 is 2.30 bits per heavy atom. The number of hydrogen-bond acceptors (Lipinski definition) is 3. The van der Waals surface area contributed by atoms with Gasteiger partial charge < -0.3 is 16.2 Å². The average molecular weight is 366 g/mol. The van der Waals surface area contributed by atoms with Gasteiger partial charge in [0.05, 0.1) is 5.56 Å². The van der Waals surface area contributed by atoms with Gasteiger partial charge in [0, 0.05) is 5.69 Å². The summed E-state index contributed by atoms with van der Waals surface area (Å²) in [6.45, 7) is 1.61. The van der Waals surface area contributed by atoms with Gasteiger partial charge in [-0.3, -0.25) is 4.79 Å². The highest BCUT2D eigenvalue weighted by Gasteiger charge is 2.43. The molecule has 1 saturated carbocycles. The molecule has 0 radical (unpaired) electrons. The number of aliphatic carboxylic acids is 1. The number of amides is 1. The average Bonchev–Trinajstić information content (AvgIpc) is 2.69. The summed E-state index contributed by atoms with van der Waals surface area (Å²) in [6, 6.07) is 15.0. The maximum absolute atomic E-state index is 12.8. The number of carboxylic acids is 1. The molecule has 0 spiro atoms. The van der Waals surface area contributed by atoms with Crippen molar-refractivity contribution in [2.45, 2.75) is 44.6 Å². The summed E-state index contributed by atoms with van der Waals surface area (Å²) >= 11 is 0. The molecule has 0 bridgehead atoms. The highest BCUT2D eigenvalue weighted by molar-refractivity contribution is 6.02. The van der Waals surface area contributed by atoms with Crippen molar-refractivity contribution in [3.8, 4) is 11.1 Å². The van der Waals surface area contributed by atoms with Crippen LogP contribution >= 0.6 is 0 Å². The van der Waals surface area contributed by atoms with E-state index in [1.807, 2.05) is 36.4 Å². The van der Waals surface area contributed by atoms with E-state index in [1.54, 1.807) is 19.1 Å². The Morgan fingerprint density at radius 2 is 1.70 bits per heavy atom. The summed E-state index contributed by atoms with van der Waals surface area (Å²) in [7, 11) is 0. The van der Waals surface area contributed by atoms with Crippen LogP contribution in [0.15, 0.2) is 48.5 Å². The van der Waals surface area contributed by atoms with E-state index < -0.39 is 17.4 Å². The normalized spacial score (nSPS) is 17.1. The van der Waals surface area contributed by atoms with Gasteiger partial charge in [-0.15, -0.1) is 0 Å². The number of anilines is 1. The smallest absolute Gasteiger partial charge is 0.329 e. The summed E-state index contributed by atoms with van der Waals surface area (Å²) in [6.07, 6.45) is 4.74. The van der Waals surface area contributed by atoms with Crippen molar-refractivity contribution < 1.29 is 14.7 Å². The van der Waals surface area contributed by atoms with Crippen molar-refractivity contribution in [3.63, 3.8) is 0 Å². The van der Waals surface area contributed by atoms with Crippen molar-refractivity contribution in [1.29, 1.82) is 0 Å². The molecule has 2 aromatic carbocycles. The van der Waals surface area contributed by atoms with Crippen molar-refractivity contribution >= 4 is 17.6 Å². The number of nitrogen functional groups attached to an aromatic ring is 1. The number of rotatable bonds is 5. The molecule has 1 amide bonds. The van der Waals surface area contributed by atoms with Crippen LogP contribution in [0.4, 0.5) is 5.69 Å². The van der Waals surface area contributed by atoms with E-state index in [-0.39, 0.29) is 5.92 Å². The van der Waals surface area contributed by atoms with Gasteiger partial charge in [-0.1, -0.05) is 55.7 Å². The molecule has 5 heteroatoms. The van der Waals surface area contributed by atoms with Crippen LogP contribution in [-0.2, 0) is 4.79 Å². The number of nitrogens with two attached hydrogens (primary N) is 1. The van der Waals surface area contributed by atoms with Gasteiger partial charge in [0.2, 0.25) is 0 Å². The molecule has 27 heavy (non-hydrogen) atoms. The number of carbonyl (C=O) groups is 2. The molecule has 0 aromatic heterocycles. The lowest BCUT2D eigenvalue weighted by atomic mass is 9.75. The van der Waals surface area contributed by atoms with Crippen molar-refractivity contribution in [2.75, 3.05) is 5.73 Å². The maximum Gasteiger partial charge on any atom is 0.329 e. The minimum absolute atomic E-state index is 0.0717. The maximum atomic E-state index is 12.8. The molecule has 1 atom stereocenters. The third-order valence-corrected chi connectivity index (χ3v) is 5.64. The second kappa shape index (κ2) is 7.82. The lowest BCUT2D eigenvalue weighted by molar-refractivity contribution is -0.146. The van der Waals surface area contributed by atoms with Gasteiger partial charge in [0.25, 0.3) is 5.91 Å². The molecule has 0 aliphatic heterocycles. The molecule has 2 aromatic rings. The van der Waals surface area contributed by atoms with Crippen molar-refractivity contribution in [1.82, 2.24) is 5.32 Å². The summed E-state index contributed by atoms with van der Waals surface area (Å²) in [5.41, 5.74) is 7.40. The van der Waals surface area contributed by atoms with Crippen LogP contribution in [0, 0.1) is 5.92 Å². The van der Waals surface area contributed by atoms with E-state index in [4.69, 9.17) is 5.73 Å². The van der Waals surface area contributed by atoms with Gasteiger partial charge >= 0.3 is 5.97 Å². The van der Waals surface area contributed by atoms with Crippen LogP contribution in [0.25, 0.3) is 11.1 Å². The molecule has 1 fully saturated rings. The monoisotopic (exact) mass is 366 g/mol. The number of benzene rings is 2. The predicted octanol–water partition coefficient (Wildman–Crippen LogP) is 4.09. The quantitative estimate of drug-likeness (QED) is 0.695. The van der Waals surface area contributed by atoms with Crippen LogP contribution in [0.5, 0.6) is 0 Å². The van der Waals surface area contributed by atoms with Crippen LogP contribution in [-0.4, -0.2) is 22.5 Å². The second-order valence-corrected chi connectivity index (χ2v) is 7.46. The topological polar surface area (TPSA) is 92.4 Å². The van der Waals surface area contributed by atoms with E-state index in [2.05, 4.69) is 5.32 Å². The Morgan fingerprint density at radius 1 is 1.04 bits per heavy atom. The molecule has 142 valence electrons. The number of hydrogen-bond donors (Lipinski definition) is 3. The van der Waals surface area contributed by atoms with Gasteiger partial charge in [-0.2, -0.15) is 0 Å². The van der Waals surface area contributed by atoms with Crippen LogP contribution in [0.3, 0.4) is 0 Å². The molecule has 1 aliphatic rings. The number of nitrogens with one attached hydrogen (secondary N) is 1. The minimum Gasteiger partial charge on any atom is -0.480 e. The van der Waals surface area contributed by atoms with Gasteiger partial charge in [0.1, 0.15) is 5.54 Å². The van der Waals surface area contributed by atoms with E-state index in [1.165, 1.54) is 0 Å². The molecule has 3 rings (SSSR count). The van der Waals surface area contributed by atoms with Crippen LogP contribution < -0.4 is 11.1 Å². The molecule has 1 aliphatic carbocycles. The van der Waals surface area contributed by atoms with Crippen molar-refractivity contribution in [2.24, 2.45) is 5.92 Å². The highest BCUT2D eigenvalue weighted by Crippen LogP contribution is 2.33. The Kier molecular flexibility index (Phi) is 5.49. The predicted molar refractivity (Wildman–Crippen MR) is 106 cm³/mol. The molecule has 5 nitrogen and oxygen atoms in total. The fourth-order valence-electron chi connectivity index (χ4n) is 3.89. The summed E-state index contributed by atoms with van der Waals surface area (Å²) in [5, 5.41) is 12.6. The second-order valence-electron chi connectivity index (χ2n) is 7.46. The molecule has 0 heterocycles. The minimum atomic E-state index is -1.29. The number of carbonyl (C=O) groups excluding carboxylic acids is 1. The first-order chi connectivity index (χ1) is 12.9. The van der Waals surface area contributed by atoms with E-state index in [9.17, 15) is 14.7 Å². The first kappa shape index (κ1) is 19.0. The summed E-state index contributed by atoms with van der Waals surface area (Å²) in [4.78, 5) is 24.8. The van der Waals surface area contributed by atoms with Gasteiger partial charge in [-0.25, -0.2) is 4.79 Å². The Bertz CT molecular complexity index is 829. The zero-order valence-electron chi connectivity index (χ0n) is 15.6. The molecule has 4 N–H and O–H groups in total. The third kappa shape index (κ3) is 3.97. The lowest BCUT2D eigenvalue weighted by Gasteiger charge is -2.37. The van der Waals surface area contributed by atoms with E-state index in [0.29, 0.717) is 11.3 Å². The zero-order chi connectivity index (χ0) is 19.4. The first-order valence-electron chi connectivity index (χ1n) is 9.42. The molecular weight excluding hydrogens is 340 g/mol. The van der Waals surface area contributed by atoms with Crippen molar-refractivity contribution in [3.05, 3.63) is 54.1 Å². The molecule has 0 unspecified atom stereocenters. The Labute approximate surface area is 159 Å². The summed E-state index contributed by atoms with van der Waals surface area (Å²) < 4.78 is 0. The van der Waals surface area contributed by atoms with Crippen LogP contribution in [0.2, 0.25) is 0 Å². The Hall–Kier alpha value is -2.82. The van der Waals surface area contributed by atoms with E-state index >= 15 is 0 Å². The number of carboxylic acid groups (broad SMARTS) is 1. The fourth-order valence-corrected chi connectivity index (χ4v) is 3.89. The van der Waals surface area contributed by atoms with E-state index in [0.717, 1.165) is 43.2 Å². The van der Waals surface area contributed by atoms with Gasteiger partial charge in [0.15, 0.2) is 0 Å². The largest absolute Gasteiger partial charge is 0.480 e. The van der Waals surface area contributed by atoms with Crippen LogP contribution in [0.1, 0.15) is 49.4 Å². The van der Waals surface area contributed by atoms with Gasteiger partial charge in [-0.05, 0) is 48.9 Å². The standard InChI is InChI=1S/C22H26N2O3/c1-22(21(26)27,17-10-6-3-7-11-17)24-20(25)18-13-12-16(14-19(18)23)15-8-4-2-5-9-15/h2,4-5,8-9,12-14,17H,3,6-7,10-11,23H2,1H3,(H,24,25)(H,26,27)/t22-/m0/s1. The fraction of sp³-hybridized carbons (Fsp3) is 0.364. The zero-order valence-corrected chi connectivity index (χ0v) is 15.6.